The molecule has 0 amide bonds. The molecular formula is C15H16N4O2. The van der Waals surface area contributed by atoms with E-state index in [9.17, 15) is 4.79 Å². The molecule has 2 N–H and O–H groups in total. The highest BCUT2D eigenvalue weighted by molar-refractivity contribution is 5.93. The van der Waals surface area contributed by atoms with Gasteiger partial charge in [-0.2, -0.15) is 10.4 Å². The Balaban J connectivity index is 2.18. The number of aromatic nitrogens is 2. The second kappa shape index (κ2) is 6.09. The van der Waals surface area contributed by atoms with Crippen LogP contribution in [-0.2, 0) is 17.9 Å². The maximum Gasteiger partial charge on any atom is 0.359 e. The summed E-state index contributed by atoms with van der Waals surface area (Å²) in [7, 11) is 0. The number of carbonyl (C=O) groups is 1. The fourth-order valence-electron chi connectivity index (χ4n) is 2.01. The van der Waals surface area contributed by atoms with Crippen molar-refractivity contribution in [3.63, 3.8) is 0 Å². The predicted molar refractivity (Wildman–Crippen MR) is 77.3 cm³/mol. The fourth-order valence-corrected chi connectivity index (χ4v) is 2.01. The summed E-state index contributed by atoms with van der Waals surface area (Å²) in [5.41, 5.74) is 8.19. The molecule has 0 aliphatic rings. The zero-order valence-electron chi connectivity index (χ0n) is 12.0. The van der Waals surface area contributed by atoms with E-state index in [0.717, 1.165) is 0 Å². The molecule has 0 saturated carbocycles. The monoisotopic (exact) mass is 284 g/mol. The third-order valence-electron chi connectivity index (χ3n) is 3.16. The molecule has 2 rings (SSSR count). The molecule has 0 unspecified atom stereocenters. The highest BCUT2D eigenvalue weighted by Crippen LogP contribution is 2.18. The molecule has 6 nitrogen and oxygen atoms in total. The van der Waals surface area contributed by atoms with Crippen molar-refractivity contribution in [1.82, 2.24) is 9.78 Å². The highest BCUT2D eigenvalue weighted by atomic mass is 16.5. The number of anilines is 1. The third-order valence-corrected chi connectivity index (χ3v) is 3.16. The van der Waals surface area contributed by atoms with Gasteiger partial charge in [0.05, 0.1) is 23.0 Å². The number of hydrogen-bond acceptors (Lipinski definition) is 5. The van der Waals surface area contributed by atoms with Crippen molar-refractivity contribution in [3.8, 4) is 6.07 Å². The van der Waals surface area contributed by atoms with Crippen LogP contribution in [-0.4, -0.2) is 15.7 Å². The molecule has 0 aliphatic heterocycles. The normalized spacial score (nSPS) is 10.1. The van der Waals surface area contributed by atoms with E-state index in [-0.39, 0.29) is 12.3 Å². The number of hydrogen-bond donors (Lipinski definition) is 1. The van der Waals surface area contributed by atoms with Crippen LogP contribution in [0.1, 0.15) is 34.2 Å². The van der Waals surface area contributed by atoms with Crippen LogP contribution in [0.25, 0.3) is 0 Å². The van der Waals surface area contributed by atoms with Gasteiger partial charge in [0, 0.05) is 12.1 Å². The van der Waals surface area contributed by atoms with Gasteiger partial charge in [-0.05, 0) is 19.9 Å². The molecule has 1 aromatic carbocycles. The zero-order valence-corrected chi connectivity index (χ0v) is 12.0. The van der Waals surface area contributed by atoms with E-state index in [0.29, 0.717) is 29.1 Å². The molecule has 21 heavy (non-hydrogen) atoms. The van der Waals surface area contributed by atoms with Crippen LogP contribution in [0.5, 0.6) is 0 Å². The number of nitriles is 1. The number of nitrogens with two attached hydrogens (primary N) is 1. The van der Waals surface area contributed by atoms with Crippen LogP contribution >= 0.6 is 0 Å². The van der Waals surface area contributed by atoms with Crippen LogP contribution in [0.15, 0.2) is 24.3 Å². The molecule has 2 aromatic rings. The molecule has 0 saturated heterocycles. The molecule has 0 fully saturated rings. The highest BCUT2D eigenvalue weighted by Gasteiger charge is 2.20. The van der Waals surface area contributed by atoms with E-state index >= 15 is 0 Å². The van der Waals surface area contributed by atoms with Gasteiger partial charge in [-0.1, -0.05) is 18.2 Å². The van der Waals surface area contributed by atoms with Gasteiger partial charge in [-0.15, -0.1) is 0 Å². The second-order valence-corrected chi connectivity index (χ2v) is 4.51. The largest absolute Gasteiger partial charge is 0.456 e. The number of nitrogens with zero attached hydrogens (tertiary/aromatic N) is 3. The third kappa shape index (κ3) is 2.87. The van der Waals surface area contributed by atoms with Crippen molar-refractivity contribution < 1.29 is 9.53 Å². The first-order valence-corrected chi connectivity index (χ1v) is 6.56. The number of ether oxygens (including phenoxy) is 1. The Kier molecular flexibility index (Phi) is 4.24. The maximum absolute atomic E-state index is 12.2. The summed E-state index contributed by atoms with van der Waals surface area (Å²) in [4.78, 5) is 12.2. The Morgan fingerprint density at radius 3 is 2.86 bits per heavy atom. The average Bonchev–Trinajstić information content (AvgIpc) is 2.80. The van der Waals surface area contributed by atoms with Gasteiger partial charge in [0.1, 0.15) is 6.61 Å². The van der Waals surface area contributed by atoms with E-state index in [2.05, 4.69) is 11.2 Å². The Morgan fingerprint density at radius 2 is 2.19 bits per heavy atom. The molecule has 0 radical (unpaired) electrons. The lowest BCUT2D eigenvalue weighted by atomic mass is 10.1. The van der Waals surface area contributed by atoms with Crippen molar-refractivity contribution in [1.29, 1.82) is 5.26 Å². The Labute approximate surface area is 122 Å². The van der Waals surface area contributed by atoms with Gasteiger partial charge in [-0.3, -0.25) is 4.68 Å². The van der Waals surface area contributed by atoms with Crippen molar-refractivity contribution in [2.24, 2.45) is 0 Å². The number of carbonyl (C=O) groups excluding carboxylic acids is 1. The van der Waals surface area contributed by atoms with Crippen LogP contribution in [0.2, 0.25) is 0 Å². The topological polar surface area (TPSA) is 93.9 Å². The number of esters is 1. The lowest BCUT2D eigenvalue weighted by molar-refractivity contribution is 0.0459. The Hall–Kier alpha value is -2.81. The molecule has 108 valence electrons. The first kappa shape index (κ1) is 14.6. The molecule has 6 heteroatoms. The fraction of sp³-hybridized carbons (Fsp3) is 0.267. The van der Waals surface area contributed by atoms with Crippen LogP contribution in [0, 0.1) is 18.3 Å². The van der Waals surface area contributed by atoms with Crippen LogP contribution < -0.4 is 5.73 Å². The van der Waals surface area contributed by atoms with Crippen molar-refractivity contribution in [3.05, 3.63) is 46.8 Å². The van der Waals surface area contributed by atoms with Gasteiger partial charge >= 0.3 is 5.97 Å². The summed E-state index contributed by atoms with van der Waals surface area (Å²) in [6.45, 7) is 4.16. The standard InChI is InChI=1S/C15H16N4O2/c1-3-19-14(13(17)10(2)18-19)15(20)21-9-12-7-5-4-6-11(12)8-16/h4-7H,3,9,17H2,1-2H3. The van der Waals surface area contributed by atoms with Crippen molar-refractivity contribution in [2.45, 2.75) is 27.0 Å². The minimum Gasteiger partial charge on any atom is -0.456 e. The van der Waals surface area contributed by atoms with Crippen molar-refractivity contribution >= 4 is 11.7 Å². The number of aryl methyl sites for hydroxylation is 2. The van der Waals surface area contributed by atoms with Gasteiger partial charge in [0.25, 0.3) is 0 Å². The summed E-state index contributed by atoms with van der Waals surface area (Å²) in [5.74, 6) is -0.539. The van der Waals surface area contributed by atoms with Crippen molar-refractivity contribution in [2.75, 3.05) is 5.73 Å². The molecule has 0 aliphatic carbocycles. The van der Waals surface area contributed by atoms with E-state index < -0.39 is 5.97 Å². The van der Waals surface area contributed by atoms with E-state index in [4.69, 9.17) is 15.7 Å². The Morgan fingerprint density at radius 1 is 1.48 bits per heavy atom. The lowest BCUT2D eigenvalue weighted by Gasteiger charge is -2.08. The summed E-state index contributed by atoms with van der Waals surface area (Å²) < 4.78 is 6.78. The van der Waals surface area contributed by atoms with Crippen LogP contribution in [0.4, 0.5) is 5.69 Å². The number of rotatable bonds is 4. The molecule has 0 spiro atoms. The van der Waals surface area contributed by atoms with Gasteiger partial charge in [-0.25, -0.2) is 4.79 Å². The average molecular weight is 284 g/mol. The summed E-state index contributed by atoms with van der Waals surface area (Å²) in [6, 6.07) is 9.04. The first-order valence-electron chi connectivity index (χ1n) is 6.56. The SMILES string of the molecule is CCn1nc(C)c(N)c1C(=O)OCc1ccccc1C#N. The predicted octanol–water partition coefficient (Wildman–Crippen LogP) is 2.02. The maximum atomic E-state index is 12.2. The van der Waals surface area contributed by atoms with Gasteiger partial charge in [0.2, 0.25) is 0 Å². The minimum atomic E-state index is -0.539. The quantitative estimate of drug-likeness (QED) is 0.867. The molecule has 1 aromatic heterocycles. The van der Waals surface area contributed by atoms with Crippen LogP contribution in [0.3, 0.4) is 0 Å². The molecule has 0 atom stereocenters. The Bertz CT molecular complexity index is 713. The minimum absolute atomic E-state index is 0.0238. The molecule has 1 heterocycles. The van der Waals surface area contributed by atoms with E-state index in [1.807, 2.05) is 6.92 Å². The first-order chi connectivity index (χ1) is 10.1. The number of benzene rings is 1. The second-order valence-electron chi connectivity index (χ2n) is 4.51. The molecule has 0 bridgehead atoms. The lowest BCUT2D eigenvalue weighted by Crippen LogP contribution is -2.14. The number of nitrogen functional groups attached to an aromatic ring is 1. The summed E-state index contributed by atoms with van der Waals surface area (Å²) in [6.07, 6.45) is 0. The van der Waals surface area contributed by atoms with E-state index in [1.165, 1.54) is 4.68 Å². The smallest absolute Gasteiger partial charge is 0.359 e. The zero-order chi connectivity index (χ0) is 15.4. The van der Waals surface area contributed by atoms with E-state index in [1.54, 1.807) is 31.2 Å². The summed E-state index contributed by atoms with van der Waals surface area (Å²) >= 11 is 0. The summed E-state index contributed by atoms with van der Waals surface area (Å²) in [5, 5.41) is 13.2. The van der Waals surface area contributed by atoms with Gasteiger partial charge < -0.3 is 10.5 Å². The van der Waals surface area contributed by atoms with Gasteiger partial charge in [0.15, 0.2) is 5.69 Å². The molecular weight excluding hydrogens is 268 g/mol.